The van der Waals surface area contributed by atoms with E-state index in [1.807, 2.05) is 24.3 Å². The molecule has 0 amide bonds. The van der Waals surface area contributed by atoms with Crippen molar-refractivity contribution in [2.24, 2.45) is 0 Å². The lowest BCUT2D eigenvalue weighted by atomic mass is 10.3. The first-order valence-corrected chi connectivity index (χ1v) is 9.19. The van der Waals surface area contributed by atoms with Gasteiger partial charge in [-0.05, 0) is 30.3 Å². The van der Waals surface area contributed by atoms with Gasteiger partial charge in [0.25, 0.3) is 0 Å². The largest absolute Gasteiger partial charge is 0.327 e. The average Bonchev–Trinajstić information content (AvgIpc) is 2.78. The summed E-state index contributed by atoms with van der Waals surface area (Å²) in [5, 5.41) is 0. The van der Waals surface area contributed by atoms with Gasteiger partial charge in [-0.15, -0.1) is 0 Å². The number of benzene rings is 2. The summed E-state index contributed by atoms with van der Waals surface area (Å²) in [6.45, 7) is 1.21. The fourth-order valence-corrected chi connectivity index (χ4v) is 4.59. The van der Waals surface area contributed by atoms with Gasteiger partial charge in [0.15, 0.2) is 0 Å². The Morgan fingerprint density at radius 2 is 1.83 bits per heavy atom. The first-order chi connectivity index (χ1) is 11.6. The Morgan fingerprint density at radius 1 is 1.00 bits per heavy atom. The topological polar surface area (TPSA) is 55.2 Å². The molecule has 7 heteroatoms. The number of nitrogens with zero attached hydrogens (tertiary/aromatic N) is 3. The van der Waals surface area contributed by atoms with Crippen molar-refractivity contribution in [1.29, 1.82) is 0 Å². The molecule has 0 aliphatic carbocycles. The van der Waals surface area contributed by atoms with E-state index in [0.29, 0.717) is 26.1 Å². The van der Waals surface area contributed by atoms with Crippen LogP contribution in [0.5, 0.6) is 0 Å². The standard InChI is InChI=1S/C17H16FN3O2S/c18-13-4-3-5-14(12-13)24(22,23)20-9-8-17-19-15-6-1-2-7-16(15)21(17)11-10-20/h1-7,12H,8-11H2. The molecule has 124 valence electrons. The minimum Gasteiger partial charge on any atom is -0.327 e. The van der Waals surface area contributed by atoms with Crippen LogP contribution < -0.4 is 0 Å². The minimum atomic E-state index is -3.70. The van der Waals surface area contributed by atoms with Gasteiger partial charge in [-0.2, -0.15) is 4.31 Å². The average molecular weight is 345 g/mol. The molecule has 0 radical (unpaired) electrons. The summed E-state index contributed by atoms with van der Waals surface area (Å²) in [6.07, 6.45) is 0.531. The molecule has 0 N–H and O–H groups in total. The molecule has 0 saturated carbocycles. The van der Waals surface area contributed by atoms with E-state index in [1.54, 1.807) is 0 Å². The summed E-state index contributed by atoms with van der Waals surface area (Å²) in [4.78, 5) is 4.59. The zero-order valence-electron chi connectivity index (χ0n) is 12.9. The normalized spacial score (nSPS) is 16.0. The zero-order valence-corrected chi connectivity index (χ0v) is 13.7. The molecule has 1 aromatic heterocycles. The van der Waals surface area contributed by atoms with E-state index >= 15 is 0 Å². The van der Waals surface area contributed by atoms with Gasteiger partial charge in [-0.25, -0.2) is 17.8 Å². The first-order valence-electron chi connectivity index (χ1n) is 7.75. The second kappa shape index (κ2) is 5.68. The molecule has 24 heavy (non-hydrogen) atoms. The van der Waals surface area contributed by atoms with E-state index < -0.39 is 15.8 Å². The van der Waals surface area contributed by atoms with Crippen LogP contribution >= 0.6 is 0 Å². The Balaban J connectivity index is 1.66. The predicted molar refractivity (Wildman–Crippen MR) is 88.6 cm³/mol. The van der Waals surface area contributed by atoms with Crippen molar-refractivity contribution in [3.8, 4) is 0 Å². The summed E-state index contributed by atoms with van der Waals surface area (Å²) in [6, 6.07) is 13.0. The number of aromatic nitrogens is 2. The van der Waals surface area contributed by atoms with Crippen molar-refractivity contribution >= 4 is 21.1 Å². The molecular weight excluding hydrogens is 329 g/mol. The van der Waals surface area contributed by atoms with Crippen LogP contribution in [0.2, 0.25) is 0 Å². The van der Waals surface area contributed by atoms with Crippen LogP contribution in [-0.2, 0) is 23.0 Å². The van der Waals surface area contributed by atoms with Crippen molar-refractivity contribution in [1.82, 2.24) is 13.9 Å². The van der Waals surface area contributed by atoms with Gasteiger partial charge in [-0.3, -0.25) is 0 Å². The highest BCUT2D eigenvalue weighted by atomic mass is 32.2. The molecule has 4 rings (SSSR count). The van der Waals surface area contributed by atoms with E-state index in [0.717, 1.165) is 22.9 Å². The highest BCUT2D eigenvalue weighted by molar-refractivity contribution is 7.89. The molecule has 3 aromatic rings. The summed E-state index contributed by atoms with van der Waals surface area (Å²) in [7, 11) is -3.70. The number of fused-ring (bicyclic) bond motifs is 3. The van der Waals surface area contributed by atoms with Crippen LogP contribution in [0.4, 0.5) is 4.39 Å². The van der Waals surface area contributed by atoms with Crippen molar-refractivity contribution in [2.75, 3.05) is 13.1 Å². The SMILES string of the molecule is O=S(=O)(c1cccc(F)c1)N1CCc2nc3ccccc3n2CC1. The maximum absolute atomic E-state index is 13.4. The third-order valence-corrected chi connectivity index (χ3v) is 6.22. The monoisotopic (exact) mass is 345 g/mol. The fourth-order valence-electron chi connectivity index (χ4n) is 3.13. The number of para-hydroxylation sites is 2. The smallest absolute Gasteiger partial charge is 0.243 e. The van der Waals surface area contributed by atoms with Gasteiger partial charge in [0.05, 0.1) is 15.9 Å². The lowest BCUT2D eigenvalue weighted by Gasteiger charge is -2.19. The van der Waals surface area contributed by atoms with E-state index in [4.69, 9.17) is 0 Å². The molecule has 5 nitrogen and oxygen atoms in total. The number of halogens is 1. The van der Waals surface area contributed by atoms with Gasteiger partial charge in [0.2, 0.25) is 10.0 Å². The molecule has 0 fully saturated rings. The lowest BCUT2D eigenvalue weighted by Crippen LogP contribution is -2.33. The molecular formula is C17H16FN3O2S. The van der Waals surface area contributed by atoms with Gasteiger partial charge in [0, 0.05) is 26.1 Å². The second-order valence-corrected chi connectivity index (χ2v) is 7.72. The predicted octanol–water partition coefficient (Wildman–Crippen LogP) is 2.42. The zero-order chi connectivity index (χ0) is 16.7. The second-order valence-electron chi connectivity index (χ2n) is 5.78. The van der Waals surface area contributed by atoms with Gasteiger partial charge >= 0.3 is 0 Å². The Bertz CT molecular complexity index is 1010. The highest BCUT2D eigenvalue weighted by Crippen LogP contribution is 2.22. The summed E-state index contributed by atoms with van der Waals surface area (Å²) in [5.74, 6) is 0.331. The molecule has 1 aliphatic rings. The maximum atomic E-state index is 13.4. The van der Waals surface area contributed by atoms with E-state index in [2.05, 4.69) is 9.55 Å². The molecule has 1 aliphatic heterocycles. The summed E-state index contributed by atoms with van der Waals surface area (Å²) in [5.41, 5.74) is 1.94. The van der Waals surface area contributed by atoms with Crippen molar-refractivity contribution in [2.45, 2.75) is 17.9 Å². The Morgan fingerprint density at radius 3 is 2.67 bits per heavy atom. The number of hydrogen-bond acceptors (Lipinski definition) is 3. The number of sulfonamides is 1. The van der Waals surface area contributed by atoms with Crippen LogP contribution in [-0.4, -0.2) is 35.4 Å². The molecule has 0 bridgehead atoms. The Kier molecular flexibility index (Phi) is 3.62. The van der Waals surface area contributed by atoms with Crippen LogP contribution in [0.1, 0.15) is 5.82 Å². The third-order valence-electron chi connectivity index (χ3n) is 4.33. The maximum Gasteiger partial charge on any atom is 0.243 e. The lowest BCUT2D eigenvalue weighted by molar-refractivity contribution is 0.416. The Hall–Kier alpha value is -2.25. The molecule has 0 saturated heterocycles. The molecule has 0 atom stereocenters. The van der Waals surface area contributed by atoms with Crippen molar-refractivity contribution < 1.29 is 12.8 Å². The van der Waals surface area contributed by atoms with E-state index in [9.17, 15) is 12.8 Å². The van der Waals surface area contributed by atoms with Crippen molar-refractivity contribution in [3.05, 3.63) is 60.2 Å². The molecule has 2 aromatic carbocycles. The highest BCUT2D eigenvalue weighted by Gasteiger charge is 2.27. The number of rotatable bonds is 2. The third kappa shape index (κ3) is 2.50. The van der Waals surface area contributed by atoms with Gasteiger partial charge in [0.1, 0.15) is 11.6 Å². The quantitative estimate of drug-likeness (QED) is 0.717. The van der Waals surface area contributed by atoms with Gasteiger partial charge in [-0.1, -0.05) is 18.2 Å². The van der Waals surface area contributed by atoms with Crippen molar-refractivity contribution in [3.63, 3.8) is 0 Å². The van der Waals surface area contributed by atoms with Crippen LogP contribution in [0.25, 0.3) is 11.0 Å². The van der Waals surface area contributed by atoms with E-state index in [1.165, 1.54) is 22.5 Å². The minimum absolute atomic E-state index is 0.00750. The molecule has 0 unspecified atom stereocenters. The fraction of sp³-hybridized carbons (Fsp3) is 0.235. The summed E-state index contributed by atoms with van der Waals surface area (Å²) >= 11 is 0. The number of hydrogen-bond donors (Lipinski definition) is 0. The van der Waals surface area contributed by atoms with E-state index in [-0.39, 0.29) is 4.90 Å². The number of imidazole rings is 1. The van der Waals surface area contributed by atoms with Crippen LogP contribution in [0, 0.1) is 5.82 Å². The first kappa shape index (κ1) is 15.3. The Labute approximate surface area is 139 Å². The van der Waals surface area contributed by atoms with Crippen LogP contribution in [0.3, 0.4) is 0 Å². The molecule has 0 spiro atoms. The van der Waals surface area contributed by atoms with Crippen LogP contribution in [0.15, 0.2) is 53.4 Å². The molecule has 2 heterocycles. The summed E-state index contributed by atoms with van der Waals surface area (Å²) < 4.78 is 42.4. The van der Waals surface area contributed by atoms with Gasteiger partial charge < -0.3 is 4.57 Å².